The van der Waals surface area contributed by atoms with Gasteiger partial charge < -0.3 is 10.4 Å². The van der Waals surface area contributed by atoms with E-state index >= 15 is 0 Å². The zero-order chi connectivity index (χ0) is 17.1. The first-order chi connectivity index (χ1) is 11.6. The fourth-order valence-corrected chi connectivity index (χ4v) is 4.49. The van der Waals surface area contributed by atoms with Crippen LogP contribution in [0.15, 0.2) is 29.3 Å². The summed E-state index contributed by atoms with van der Waals surface area (Å²) in [5.41, 5.74) is 1.47. The molecular formula is C17H14N2O3S2. The first-order valence-electron chi connectivity index (χ1n) is 7.44. The van der Waals surface area contributed by atoms with Crippen molar-refractivity contribution in [2.75, 3.05) is 5.32 Å². The summed E-state index contributed by atoms with van der Waals surface area (Å²) >= 11 is 2.61. The summed E-state index contributed by atoms with van der Waals surface area (Å²) in [5.74, 6) is -1.87. The van der Waals surface area contributed by atoms with Crippen molar-refractivity contribution in [3.8, 4) is 6.07 Å². The molecule has 0 spiro atoms. The number of rotatable bonds is 4. The smallest absolute Gasteiger partial charge is 0.291 e. The summed E-state index contributed by atoms with van der Waals surface area (Å²) in [7, 11) is 0. The number of carbonyl (C=O) groups excluding carboxylic acids is 2. The van der Waals surface area contributed by atoms with E-state index in [0.29, 0.717) is 15.4 Å². The maximum atomic E-state index is 12.1. The van der Waals surface area contributed by atoms with Gasteiger partial charge in [-0.2, -0.15) is 5.26 Å². The minimum Gasteiger partial charge on any atom is -0.503 e. The number of thiophene rings is 2. The lowest BCUT2D eigenvalue weighted by Crippen LogP contribution is -2.15. The maximum Gasteiger partial charge on any atom is 0.291 e. The second-order valence-electron chi connectivity index (χ2n) is 5.35. The average Bonchev–Trinajstić information content (AvgIpc) is 3.22. The minimum atomic E-state index is -0.782. The third-order valence-corrected chi connectivity index (χ3v) is 5.87. The molecule has 2 heterocycles. The van der Waals surface area contributed by atoms with Gasteiger partial charge in [0.05, 0.1) is 10.4 Å². The molecule has 0 atom stereocenters. The Morgan fingerprint density at radius 3 is 2.83 bits per heavy atom. The lowest BCUT2D eigenvalue weighted by Gasteiger charge is -2.09. The Kier molecular flexibility index (Phi) is 4.79. The molecule has 7 heteroatoms. The molecule has 2 aromatic rings. The van der Waals surface area contributed by atoms with Gasteiger partial charge in [0, 0.05) is 11.0 Å². The third-order valence-electron chi connectivity index (χ3n) is 3.77. The fraction of sp³-hybridized carbons (Fsp3) is 0.235. The number of aliphatic hydroxyl groups excluding tert-OH is 1. The number of carbonyl (C=O) groups is 2. The number of aryl methyl sites for hydroxylation is 1. The van der Waals surface area contributed by atoms with Crippen LogP contribution in [0.25, 0.3) is 0 Å². The van der Waals surface area contributed by atoms with E-state index in [1.807, 2.05) is 0 Å². The Morgan fingerprint density at radius 1 is 1.33 bits per heavy atom. The molecule has 0 saturated carbocycles. The molecule has 24 heavy (non-hydrogen) atoms. The van der Waals surface area contributed by atoms with Gasteiger partial charge in [-0.25, -0.2) is 0 Å². The summed E-state index contributed by atoms with van der Waals surface area (Å²) in [6.07, 6.45) is 4.76. The molecule has 122 valence electrons. The number of nitriles is 1. The molecule has 2 N–H and O–H groups in total. The predicted octanol–water partition coefficient (Wildman–Crippen LogP) is 3.82. The number of nitrogens with zero attached hydrogens (tertiary/aromatic N) is 1. The molecule has 0 bridgehead atoms. The summed E-state index contributed by atoms with van der Waals surface area (Å²) in [6.45, 7) is 0. The number of hydrogen-bond acceptors (Lipinski definition) is 6. The Balaban J connectivity index is 1.79. The van der Waals surface area contributed by atoms with Crippen molar-refractivity contribution in [1.29, 1.82) is 5.26 Å². The Bertz CT molecular complexity index is 857. The van der Waals surface area contributed by atoms with E-state index in [1.54, 1.807) is 17.5 Å². The van der Waals surface area contributed by atoms with Crippen LogP contribution >= 0.6 is 22.7 Å². The molecule has 2 aromatic heterocycles. The second-order valence-corrected chi connectivity index (χ2v) is 7.40. The van der Waals surface area contributed by atoms with Crippen molar-refractivity contribution in [3.63, 3.8) is 0 Å². The zero-order valence-corrected chi connectivity index (χ0v) is 14.3. The van der Waals surface area contributed by atoms with Crippen LogP contribution in [-0.2, 0) is 17.6 Å². The van der Waals surface area contributed by atoms with Gasteiger partial charge >= 0.3 is 0 Å². The van der Waals surface area contributed by atoms with Crippen LogP contribution in [0.4, 0.5) is 5.00 Å². The highest BCUT2D eigenvalue weighted by Crippen LogP contribution is 2.37. The monoisotopic (exact) mass is 358 g/mol. The van der Waals surface area contributed by atoms with Gasteiger partial charge in [-0.15, -0.1) is 22.7 Å². The molecule has 5 nitrogen and oxygen atoms in total. The van der Waals surface area contributed by atoms with Crippen molar-refractivity contribution >= 4 is 39.4 Å². The van der Waals surface area contributed by atoms with Crippen molar-refractivity contribution in [2.45, 2.75) is 25.7 Å². The molecule has 1 aliphatic rings. The lowest BCUT2D eigenvalue weighted by molar-refractivity contribution is -0.115. The number of amides is 1. The van der Waals surface area contributed by atoms with Gasteiger partial charge in [0.15, 0.2) is 11.5 Å². The molecule has 0 aromatic carbocycles. The minimum absolute atomic E-state index is 0.427. The van der Waals surface area contributed by atoms with Crippen LogP contribution in [0.2, 0.25) is 0 Å². The molecule has 1 aliphatic carbocycles. The molecule has 0 radical (unpaired) electrons. The normalized spacial score (nSPS) is 13.9. The quantitative estimate of drug-likeness (QED) is 0.494. The second kappa shape index (κ2) is 6.99. The number of ketones is 1. The number of aliphatic hydroxyl groups is 1. The van der Waals surface area contributed by atoms with Crippen LogP contribution in [0.1, 0.15) is 38.5 Å². The molecule has 1 amide bonds. The number of anilines is 1. The zero-order valence-electron chi connectivity index (χ0n) is 12.7. The van der Waals surface area contributed by atoms with Crippen LogP contribution in [0.3, 0.4) is 0 Å². The first-order valence-corrected chi connectivity index (χ1v) is 9.14. The van der Waals surface area contributed by atoms with Gasteiger partial charge in [0.1, 0.15) is 11.1 Å². The van der Waals surface area contributed by atoms with Crippen LogP contribution in [-0.4, -0.2) is 16.8 Å². The summed E-state index contributed by atoms with van der Waals surface area (Å²) in [6, 6.07) is 5.48. The predicted molar refractivity (Wildman–Crippen MR) is 93.7 cm³/mol. The summed E-state index contributed by atoms with van der Waals surface area (Å²) in [4.78, 5) is 25.6. The highest BCUT2D eigenvalue weighted by atomic mass is 32.1. The number of hydrogen-bond donors (Lipinski definition) is 2. The number of fused-ring (bicyclic) bond motifs is 1. The maximum absolute atomic E-state index is 12.1. The average molecular weight is 358 g/mol. The summed E-state index contributed by atoms with van der Waals surface area (Å²) < 4.78 is 0. The number of allylic oxidation sites excluding steroid dienone is 1. The van der Waals surface area contributed by atoms with Crippen LogP contribution in [0, 0.1) is 11.3 Å². The number of nitrogens with one attached hydrogen (secondary N) is 1. The molecule has 0 aliphatic heterocycles. The topological polar surface area (TPSA) is 90.2 Å². The molecule has 0 unspecified atom stereocenters. The van der Waals surface area contributed by atoms with Gasteiger partial charge in [-0.3, -0.25) is 9.59 Å². The first kappa shape index (κ1) is 16.4. The van der Waals surface area contributed by atoms with Gasteiger partial charge in [-0.05, 0) is 42.7 Å². The largest absolute Gasteiger partial charge is 0.503 e. The van der Waals surface area contributed by atoms with Gasteiger partial charge in [-0.1, -0.05) is 6.07 Å². The van der Waals surface area contributed by atoms with Gasteiger partial charge in [0.25, 0.3) is 5.91 Å². The lowest BCUT2D eigenvalue weighted by atomic mass is 9.96. The highest BCUT2D eigenvalue weighted by Gasteiger charge is 2.22. The molecular weight excluding hydrogens is 344 g/mol. The van der Waals surface area contributed by atoms with Crippen LogP contribution < -0.4 is 5.32 Å². The van der Waals surface area contributed by atoms with Crippen molar-refractivity contribution in [1.82, 2.24) is 0 Å². The third kappa shape index (κ3) is 3.25. The fourth-order valence-electron chi connectivity index (χ4n) is 2.62. The van der Waals surface area contributed by atoms with Crippen molar-refractivity contribution in [3.05, 3.63) is 50.2 Å². The van der Waals surface area contributed by atoms with E-state index in [-0.39, 0.29) is 0 Å². The highest BCUT2D eigenvalue weighted by molar-refractivity contribution is 7.16. The van der Waals surface area contributed by atoms with Gasteiger partial charge in [0.2, 0.25) is 0 Å². The Hall–Kier alpha value is -2.43. The Labute approximate surface area is 146 Å². The van der Waals surface area contributed by atoms with E-state index in [0.717, 1.165) is 42.2 Å². The molecule has 0 fully saturated rings. The van der Waals surface area contributed by atoms with E-state index in [2.05, 4.69) is 11.4 Å². The Morgan fingerprint density at radius 2 is 2.12 bits per heavy atom. The van der Waals surface area contributed by atoms with E-state index in [1.165, 1.54) is 22.7 Å². The van der Waals surface area contributed by atoms with Crippen molar-refractivity contribution in [2.24, 2.45) is 0 Å². The van der Waals surface area contributed by atoms with Crippen LogP contribution in [0.5, 0.6) is 0 Å². The van der Waals surface area contributed by atoms with E-state index < -0.39 is 17.4 Å². The molecule has 3 rings (SSSR count). The van der Waals surface area contributed by atoms with E-state index in [4.69, 9.17) is 0 Å². The summed E-state index contributed by atoms with van der Waals surface area (Å²) in [5, 5.41) is 24.0. The standard InChI is InChI=1S/C17H14N2O3S2/c18-9-11-10-4-1-2-5-14(10)24-17(11)19-16(22)13(21)8-12(20)15-6-3-7-23-15/h3,6-8,21H,1-2,4-5H2,(H,19,22). The van der Waals surface area contributed by atoms with Crippen molar-refractivity contribution < 1.29 is 14.7 Å². The van der Waals surface area contributed by atoms with E-state index in [9.17, 15) is 20.0 Å². The molecule has 0 saturated heterocycles. The SMILES string of the molecule is N#Cc1c(NC(=O)C(O)=CC(=O)c2cccs2)sc2c1CCCC2.